The van der Waals surface area contributed by atoms with Gasteiger partial charge in [-0.2, -0.15) is 0 Å². The van der Waals surface area contributed by atoms with E-state index in [4.69, 9.17) is 4.74 Å². The van der Waals surface area contributed by atoms with Crippen LogP contribution in [-0.2, 0) is 16.1 Å². The predicted molar refractivity (Wildman–Crippen MR) is 46.7 cm³/mol. The van der Waals surface area contributed by atoms with E-state index in [1.54, 1.807) is 6.20 Å². The molecule has 0 atom stereocenters. The fourth-order valence-corrected chi connectivity index (χ4v) is 1.15. The van der Waals surface area contributed by atoms with E-state index in [2.05, 4.69) is 4.98 Å². The molecule has 0 bridgehead atoms. The van der Waals surface area contributed by atoms with Crippen LogP contribution in [0, 0.1) is 5.92 Å². The van der Waals surface area contributed by atoms with Gasteiger partial charge in [-0.1, -0.05) is 13.8 Å². The average Bonchev–Trinajstić information content (AvgIpc) is 2.51. The molecule has 0 unspecified atom stereocenters. The van der Waals surface area contributed by atoms with Crippen LogP contribution < -0.4 is 0 Å². The molecule has 0 amide bonds. The van der Waals surface area contributed by atoms with E-state index in [0.717, 1.165) is 5.01 Å². The smallest absolute Gasteiger partial charge is 0.308 e. The summed E-state index contributed by atoms with van der Waals surface area (Å²) in [5, 5.41) is 2.70. The second-order valence-corrected chi connectivity index (χ2v) is 3.67. The first-order valence-electron chi connectivity index (χ1n) is 3.75. The van der Waals surface area contributed by atoms with Crippen molar-refractivity contribution in [2.75, 3.05) is 0 Å². The van der Waals surface area contributed by atoms with Gasteiger partial charge in [0.25, 0.3) is 0 Å². The summed E-state index contributed by atoms with van der Waals surface area (Å²) in [6, 6.07) is 0. The van der Waals surface area contributed by atoms with Gasteiger partial charge in [-0.3, -0.25) is 4.79 Å². The lowest BCUT2D eigenvalue weighted by Crippen LogP contribution is -2.11. The lowest BCUT2D eigenvalue weighted by Gasteiger charge is -2.03. The number of ether oxygens (including phenoxy) is 1. The Balaban J connectivity index is 2.32. The number of thiazole rings is 1. The Kier molecular flexibility index (Phi) is 3.22. The highest BCUT2D eigenvalue weighted by atomic mass is 32.1. The van der Waals surface area contributed by atoms with Crippen molar-refractivity contribution in [3.05, 3.63) is 16.6 Å². The fraction of sp³-hybridized carbons (Fsp3) is 0.500. The van der Waals surface area contributed by atoms with Crippen molar-refractivity contribution in [1.82, 2.24) is 4.98 Å². The highest BCUT2D eigenvalue weighted by Gasteiger charge is 2.08. The number of hydrogen-bond donors (Lipinski definition) is 0. The van der Waals surface area contributed by atoms with E-state index in [1.807, 2.05) is 19.2 Å². The fourth-order valence-electron chi connectivity index (χ4n) is 0.624. The van der Waals surface area contributed by atoms with Gasteiger partial charge >= 0.3 is 5.97 Å². The maximum atomic E-state index is 11.0. The first-order valence-corrected chi connectivity index (χ1v) is 4.63. The number of esters is 1. The Hall–Kier alpha value is -0.900. The maximum absolute atomic E-state index is 11.0. The van der Waals surface area contributed by atoms with Crippen LogP contribution in [-0.4, -0.2) is 11.0 Å². The molecule has 1 aromatic heterocycles. The van der Waals surface area contributed by atoms with Crippen molar-refractivity contribution in [2.24, 2.45) is 5.92 Å². The Morgan fingerprint density at radius 2 is 2.50 bits per heavy atom. The minimum absolute atomic E-state index is 0.0648. The van der Waals surface area contributed by atoms with Crippen LogP contribution in [0.5, 0.6) is 0 Å². The topological polar surface area (TPSA) is 39.2 Å². The Bertz CT molecular complexity index is 244. The number of carbonyl (C=O) groups excluding carboxylic acids is 1. The molecule has 1 rings (SSSR count). The van der Waals surface area contributed by atoms with Gasteiger partial charge in [0.2, 0.25) is 0 Å². The Morgan fingerprint density at radius 3 is 3.00 bits per heavy atom. The lowest BCUT2D eigenvalue weighted by atomic mass is 10.2. The van der Waals surface area contributed by atoms with Gasteiger partial charge in [0, 0.05) is 11.6 Å². The third-order valence-electron chi connectivity index (χ3n) is 1.29. The average molecular weight is 185 g/mol. The van der Waals surface area contributed by atoms with Crippen LogP contribution in [0.25, 0.3) is 0 Å². The van der Waals surface area contributed by atoms with Crippen molar-refractivity contribution in [3.8, 4) is 0 Å². The molecule has 12 heavy (non-hydrogen) atoms. The highest BCUT2D eigenvalue weighted by molar-refractivity contribution is 7.09. The molecule has 66 valence electrons. The predicted octanol–water partition coefficient (Wildman–Crippen LogP) is 1.84. The summed E-state index contributed by atoms with van der Waals surface area (Å²) in [6.45, 7) is 3.92. The Labute approximate surface area is 75.4 Å². The van der Waals surface area contributed by atoms with Crippen LogP contribution in [0.4, 0.5) is 0 Å². The summed E-state index contributed by atoms with van der Waals surface area (Å²) < 4.78 is 4.96. The van der Waals surface area contributed by atoms with E-state index in [-0.39, 0.29) is 11.9 Å². The molecule has 0 aliphatic carbocycles. The summed E-state index contributed by atoms with van der Waals surface area (Å²) in [6.07, 6.45) is 1.70. The first kappa shape index (κ1) is 9.19. The van der Waals surface area contributed by atoms with Crippen molar-refractivity contribution in [1.29, 1.82) is 0 Å². The van der Waals surface area contributed by atoms with Gasteiger partial charge in [0.1, 0.15) is 11.6 Å². The van der Waals surface area contributed by atoms with E-state index in [1.165, 1.54) is 11.3 Å². The standard InChI is InChI=1S/C8H11NO2S/c1-6(2)8(10)11-5-7-9-3-4-12-7/h3-4,6H,5H2,1-2H3. The van der Waals surface area contributed by atoms with Crippen LogP contribution >= 0.6 is 11.3 Å². The first-order chi connectivity index (χ1) is 5.70. The van der Waals surface area contributed by atoms with Gasteiger partial charge in [-0.25, -0.2) is 4.98 Å². The highest BCUT2D eigenvalue weighted by Crippen LogP contribution is 2.06. The van der Waals surface area contributed by atoms with E-state index in [9.17, 15) is 4.79 Å². The third kappa shape index (κ3) is 2.62. The summed E-state index contributed by atoms with van der Waals surface area (Å²) in [7, 11) is 0. The Morgan fingerprint density at radius 1 is 1.75 bits per heavy atom. The van der Waals surface area contributed by atoms with Gasteiger partial charge < -0.3 is 4.74 Å². The molecular weight excluding hydrogens is 174 g/mol. The number of hydrogen-bond acceptors (Lipinski definition) is 4. The second-order valence-electron chi connectivity index (χ2n) is 2.69. The van der Waals surface area contributed by atoms with E-state index < -0.39 is 0 Å². The molecule has 0 radical (unpaired) electrons. The largest absolute Gasteiger partial charge is 0.458 e. The zero-order valence-corrected chi connectivity index (χ0v) is 7.93. The van der Waals surface area contributed by atoms with Gasteiger partial charge in [0.15, 0.2) is 0 Å². The van der Waals surface area contributed by atoms with Crippen molar-refractivity contribution in [3.63, 3.8) is 0 Å². The monoisotopic (exact) mass is 185 g/mol. The van der Waals surface area contributed by atoms with E-state index >= 15 is 0 Å². The van der Waals surface area contributed by atoms with Crippen molar-refractivity contribution < 1.29 is 9.53 Å². The minimum Gasteiger partial charge on any atom is -0.458 e. The number of rotatable bonds is 3. The quantitative estimate of drug-likeness (QED) is 0.674. The molecule has 0 N–H and O–H groups in total. The van der Waals surface area contributed by atoms with Gasteiger partial charge in [-0.15, -0.1) is 11.3 Å². The van der Waals surface area contributed by atoms with Gasteiger partial charge in [0.05, 0.1) is 5.92 Å². The summed E-state index contributed by atoms with van der Waals surface area (Å²) in [5.41, 5.74) is 0. The molecule has 0 aliphatic rings. The summed E-state index contributed by atoms with van der Waals surface area (Å²) in [5.74, 6) is -0.241. The lowest BCUT2D eigenvalue weighted by molar-refractivity contribution is -0.148. The number of carbonyl (C=O) groups is 1. The third-order valence-corrected chi connectivity index (χ3v) is 2.05. The van der Waals surface area contributed by atoms with Crippen LogP contribution in [0.2, 0.25) is 0 Å². The molecule has 3 nitrogen and oxygen atoms in total. The summed E-state index contributed by atoms with van der Waals surface area (Å²) >= 11 is 1.49. The molecule has 0 saturated heterocycles. The SMILES string of the molecule is CC(C)C(=O)OCc1nccs1. The molecular formula is C8H11NO2S. The zero-order chi connectivity index (χ0) is 8.97. The van der Waals surface area contributed by atoms with Crippen LogP contribution in [0.1, 0.15) is 18.9 Å². The molecule has 0 aliphatic heterocycles. The number of nitrogens with zero attached hydrogens (tertiary/aromatic N) is 1. The summed E-state index contributed by atoms with van der Waals surface area (Å²) in [4.78, 5) is 15.0. The van der Waals surface area contributed by atoms with Crippen LogP contribution in [0.15, 0.2) is 11.6 Å². The van der Waals surface area contributed by atoms with E-state index in [0.29, 0.717) is 6.61 Å². The van der Waals surface area contributed by atoms with Crippen LogP contribution in [0.3, 0.4) is 0 Å². The second kappa shape index (κ2) is 4.21. The van der Waals surface area contributed by atoms with Crippen molar-refractivity contribution >= 4 is 17.3 Å². The molecule has 1 aromatic rings. The zero-order valence-electron chi connectivity index (χ0n) is 7.11. The molecule has 0 aromatic carbocycles. The molecule has 1 heterocycles. The molecule has 0 fully saturated rings. The molecule has 0 saturated carbocycles. The maximum Gasteiger partial charge on any atom is 0.308 e. The molecule has 0 spiro atoms. The normalized spacial score (nSPS) is 10.2. The van der Waals surface area contributed by atoms with Crippen molar-refractivity contribution in [2.45, 2.75) is 20.5 Å². The minimum atomic E-state index is -0.176. The number of aromatic nitrogens is 1. The van der Waals surface area contributed by atoms with Gasteiger partial charge in [-0.05, 0) is 0 Å². The molecule has 4 heteroatoms.